The quantitative estimate of drug-likeness (QED) is 0.444. The molecule has 0 bridgehead atoms. The predicted molar refractivity (Wildman–Crippen MR) is 69.4 cm³/mol. The zero-order chi connectivity index (χ0) is 13.8. The Morgan fingerprint density at radius 3 is 2.63 bits per heavy atom. The topological polar surface area (TPSA) is 60.4 Å². The first-order valence-corrected chi connectivity index (χ1v) is 7.12. The molecule has 0 radical (unpaired) electrons. The molecule has 104 valence electrons. The van der Waals surface area contributed by atoms with Crippen LogP contribution in [-0.4, -0.2) is 24.1 Å². The SMILES string of the molecule is CCCCOC(=O)C1=CC(=O)C2CCCCC2C1=O. The third kappa shape index (κ3) is 2.94. The van der Waals surface area contributed by atoms with E-state index in [1.54, 1.807) is 0 Å². The van der Waals surface area contributed by atoms with Gasteiger partial charge in [0, 0.05) is 11.8 Å². The molecule has 2 aliphatic carbocycles. The van der Waals surface area contributed by atoms with Crippen molar-refractivity contribution < 1.29 is 19.1 Å². The molecule has 4 nitrogen and oxygen atoms in total. The molecule has 0 aromatic heterocycles. The molecule has 0 amide bonds. The molecule has 0 aromatic carbocycles. The van der Waals surface area contributed by atoms with E-state index in [2.05, 4.69) is 0 Å². The Hall–Kier alpha value is -1.45. The minimum absolute atomic E-state index is 0.0377. The zero-order valence-electron chi connectivity index (χ0n) is 11.3. The van der Waals surface area contributed by atoms with E-state index in [-0.39, 0.29) is 29.0 Å². The van der Waals surface area contributed by atoms with E-state index < -0.39 is 5.97 Å². The summed E-state index contributed by atoms with van der Waals surface area (Å²) in [5.74, 6) is -1.39. The third-order valence-electron chi connectivity index (χ3n) is 3.97. The Morgan fingerprint density at radius 2 is 1.95 bits per heavy atom. The number of unbranched alkanes of at least 4 members (excludes halogenated alkanes) is 1. The highest BCUT2D eigenvalue weighted by Crippen LogP contribution is 2.36. The van der Waals surface area contributed by atoms with Gasteiger partial charge in [-0.1, -0.05) is 26.2 Å². The predicted octanol–water partition coefficient (Wildman–Crippen LogP) is 2.21. The van der Waals surface area contributed by atoms with Crippen LogP contribution in [0.5, 0.6) is 0 Å². The van der Waals surface area contributed by atoms with Crippen LogP contribution in [-0.2, 0) is 19.1 Å². The number of fused-ring (bicyclic) bond motifs is 1. The van der Waals surface area contributed by atoms with Gasteiger partial charge in [-0.05, 0) is 25.3 Å². The maximum absolute atomic E-state index is 12.3. The zero-order valence-corrected chi connectivity index (χ0v) is 11.3. The van der Waals surface area contributed by atoms with Crippen LogP contribution >= 0.6 is 0 Å². The van der Waals surface area contributed by atoms with Gasteiger partial charge in [0.2, 0.25) is 0 Å². The summed E-state index contributed by atoms with van der Waals surface area (Å²) in [5, 5.41) is 0. The first-order valence-electron chi connectivity index (χ1n) is 7.12. The number of allylic oxidation sites excluding steroid dienone is 1. The summed E-state index contributed by atoms with van der Waals surface area (Å²) in [6, 6.07) is 0. The molecule has 2 atom stereocenters. The number of esters is 1. The second-order valence-electron chi connectivity index (χ2n) is 5.31. The number of hydrogen-bond acceptors (Lipinski definition) is 4. The van der Waals surface area contributed by atoms with Crippen LogP contribution < -0.4 is 0 Å². The van der Waals surface area contributed by atoms with Gasteiger partial charge in [0.1, 0.15) is 5.57 Å². The average Bonchev–Trinajstić information content (AvgIpc) is 2.43. The Labute approximate surface area is 113 Å². The molecule has 1 saturated carbocycles. The molecule has 0 N–H and O–H groups in total. The van der Waals surface area contributed by atoms with E-state index in [0.29, 0.717) is 6.61 Å². The van der Waals surface area contributed by atoms with Crippen molar-refractivity contribution in [3.8, 4) is 0 Å². The lowest BCUT2D eigenvalue weighted by molar-refractivity contribution is -0.143. The van der Waals surface area contributed by atoms with Crippen molar-refractivity contribution in [1.82, 2.24) is 0 Å². The minimum atomic E-state index is -0.629. The normalized spacial score (nSPS) is 26.7. The van der Waals surface area contributed by atoms with Crippen molar-refractivity contribution in [2.75, 3.05) is 6.61 Å². The van der Waals surface area contributed by atoms with Crippen LogP contribution in [0, 0.1) is 11.8 Å². The van der Waals surface area contributed by atoms with Gasteiger partial charge >= 0.3 is 5.97 Å². The van der Waals surface area contributed by atoms with Gasteiger partial charge in [-0.15, -0.1) is 0 Å². The molecule has 2 unspecified atom stereocenters. The molecule has 2 rings (SSSR count). The first-order chi connectivity index (χ1) is 9.15. The fourth-order valence-corrected chi connectivity index (χ4v) is 2.85. The van der Waals surface area contributed by atoms with Crippen LogP contribution in [0.25, 0.3) is 0 Å². The van der Waals surface area contributed by atoms with Gasteiger partial charge in [-0.2, -0.15) is 0 Å². The number of ketones is 2. The standard InChI is InChI=1S/C15H20O4/c1-2-3-8-19-15(18)12-9-13(16)10-6-4-5-7-11(10)14(12)17/h9-11H,2-8H2,1H3. The van der Waals surface area contributed by atoms with E-state index in [0.717, 1.165) is 38.5 Å². The molecular formula is C15H20O4. The van der Waals surface area contributed by atoms with E-state index >= 15 is 0 Å². The molecule has 2 aliphatic rings. The number of carbonyl (C=O) groups excluding carboxylic acids is 3. The van der Waals surface area contributed by atoms with Crippen molar-refractivity contribution >= 4 is 17.5 Å². The Kier molecular flexibility index (Phi) is 4.51. The Balaban J connectivity index is 2.09. The van der Waals surface area contributed by atoms with Crippen LogP contribution in [0.4, 0.5) is 0 Å². The van der Waals surface area contributed by atoms with Gasteiger partial charge in [0.25, 0.3) is 0 Å². The third-order valence-corrected chi connectivity index (χ3v) is 3.97. The molecule has 0 aliphatic heterocycles. The maximum atomic E-state index is 12.3. The fourth-order valence-electron chi connectivity index (χ4n) is 2.85. The Bertz CT molecular complexity index is 422. The number of hydrogen-bond donors (Lipinski definition) is 0. The monoisotopic (exact) mass is 264 g/mol. The summed E-state index contributed by atoms with van der Waals surface area (Å²) >= 11 is 0. The summed E-state index contributed by atoms with van der Waals surface area (Å²) in [6.07, 6.45) is 6.33. The van der Waals surface area contributed by atoms with Crippen molar-refractivity contribution in [3.63, 3.8) is 0 Å². The van der Waals surface area contributed by atoms with Gasteiger partial charge in [-0.25, -0.2) is 4.79 Å². The summed E-state index contributed by atoms with van der Waals surface area (Å²) in [5.41, 5.74) is -0.0377. The van der Waals surface area contributed by atoms with Gasteiger partial charge in [0.15, 0.2) is 11.6 Å². The van der Waals surface area contributed by atoms with Crippen LogP contribution in [0.1, 0.15) is 45.4 Å². The van der Waals surface area contributed by atoms with E-state index in [1.807, 2.05) is 6.92 Å². The van der Waals surface area contributed by atoms with Crippen LogP contribution in [0.2, 0.25) is 0 Å². The van der Waals surface area contributed by atoms with E-state index in [9.17, 15) is 14.4 Å². The van der Waals surface area contributed by atoms with Crippen molar-refractivity contribution in [2.45, 2.75) is 45.4 Å². The molecule has 19 heavy (non-hydrogen) atoms. The minimum Gasteiger partial charge on any atom is -0.462 e. The molecule has 0 spiro atoms. The summed E-state index contributed by atoms with van der Waals surface area (Å²) < 4.78 is 5.04. The van der Waals surface area contributed by atoms with Crippen LogP contribution in [0.3, 0.4) is 0 Å². The lowest BCUT2D eigenvalue weighted by Crippen LogP contribution is -2.39. The lowest BCUT2D eigenvalue weighted by Gasteiger charge is -2.31. The maximum Gasteiger partial charge on any atom is 0.341 e. The van der Waals surface area contributed by atoms with Crippen molar-refractivity contribution in [1.29, 1.82) is 0 Å². The van der Waals surface area contributed by atoms with Gasteiger partial charge < -0.3 is 4.74 Å². The second kappa shape index (κ2) is 6.13. The molecular weight excluding hydrogens is 244 g/mol. The van der Waals surface area contributed by atoms with Gasteiger partial charge in [-0.3, -0.25) is 9.59 Å². The second-order valence-corrected chi connectivity index (χ2v) is 5.31. The van der Waals surface area contributed by atoms with Crippen LogP contribution in [0.15, 0.2) is 11.6 Å². The molecule has 0 saturated heterocycles. The number of rotatable bonds is 4. The molecule has 4 heteroatoms. The van der Waals surface area contributed by atoms with Crippen molar-refractivity contribution in [3.05, 3.63) is 11.6 Å². The largest absolute Gasteiger partial charge is 0.462 e. The summed E-state index contributed by atoms with van der Waals surface area (Å²) in [6.45, 7) is 2.30. The highest BCUT2D eigenvalue weighted by atomic mass is 16.5. The lowest BCUT2D eigenvalue weighted by atomic mass is 9.70. The van der Waals surface area contributed by atoms with Crippen molar-refractivity contribution in [2.24, 2.45) is 11.8 Å². The summed E-state index contributed by atoms with van der Waals surface area (Å²) in [7, 11) is 0. The average molecular weight is 264 g/mol. The molecule has 0 aromatic rings. The number of carbonyl (C=O) groups is 3. The summed E-state index contributed by atoms with van der Waals surface area (Å²) in [4.78, 5) is 36.1. The highest BCUT2D eigenvalue weighted by molar-refractivity contribution is 6.24. The number of Topliss-reactive ketones (excluding diaryl/α,β-unsaturated/α-hetero) is 1. The highest BCUT2D eigenvalue weighted by Gasteiger charge is 2.42. The van der Waals surface area contributed by atoms with E-state index in [4.69, 9.17) is 4.74 Å². The van der Waals surface area contributed by atoms with Gasteiger partial charge in [0.05, 0.1) is 6.61 Å². The number of ether oxygens (including phenoxy) is 1. The van der Waals surface area contributed by atoms with E-state index in [1.165, 1.54) is 6.08 Å². The Morgan fingerprint density at radius 1 is 1.26 bits per heavy atom. The first kappa shape index (κ1) is 14.0. The fraction of sp³-hybridized carbons (Fsp3) is 0.667. The molecule has 0 heterocycles. The smallest absolute Gasteiger partial charge is 0.341 e. The molecule has 1 fully saturated rings.